The topological polar surface area (TPSA) is 231 Å². The molecule has 0 aliphatic heterocycles. The van der Waals surface area contributed by atoms with Crippen molar-refractivity contribution in [2.24, 2.45) is 5.73 Å². The quantitative estimate of drug-likeness (QED) is 0.0741. The molecule has 52 heavy (non-hydrogen) atoms. The van der Waals surface area contributed by atoms with Gasteiger partial charge in [0.2, 0.25) is 17.7 Å². The number of amides is 4. The number of aromatic amines is 1. The summed E-state index contributed by atoms with van der Waals surface area (Å²) in [5.41, 5.74) is 10.8. The zero-order valence-electron chi connectivity index (χ0n) is 28.4. The lowest BCUT2D eigenvalue weighted by Gasteiger charge is -2.22. The van der Waals surface area contributed by atoms with E-state index < -0.39 is 54.5 Å². The fraction of sp³-hybridized carbons (Fsp3) is 0.324. The Balaban J connectivity index is 1.21. The summed E-state index contributed by atoms with van der Waals surface area (Å²) in [6.45, 7) is -0.120. The molecule has 0 spiro atoms. The van der Waals surface area contributed by atoms with E-state index in [0.717, 1.165) is 22.3 Å². The van der Waals surface area contributed by atoms with Gasteiger partial charge in [0.15, 0.2) is 0 Å². The Bertz CT molecular complexity index is 1790. The summed E-state index contributed by atoms with van der Waals surface area (Å²) < 4.78 is 5.67. The van der Waals surface area contributed by atoms with Gasteiger partial charge in [-0.1, -0.05) is 54.6 Å². The number of imidazole rings is 1. The van der Waals surface area contributed by atoms with Crippen molar-refractivity contribution in [3.63, 3.8) is 0 Å². The number of carbonyl (C=O) groups is 5. The maximum Gasteiger partial charge on any atom is 0.407 e. The number of nitrogens with two attached hydrogens (primary N) is 1. The summed E-state index contributed by atoms with van der Waals surface area (Å²) >= 11 is 0. The van der Waals surface area contributed by atoms with Gasteiger partial charge in [-0.2, -0.15) is 0 Å². The Morgan fingerprint density at radius 3 is 2.19 bits per heavy atom. The van der Waals surface area contributed by atoms with Crippen LogP contribution >= 0.6 is 0 Å². The van der Waals surface area contributed by atoms with Crippen molar-refractivity contribution in [1.29, 1.82) is 0 Å². The van der Waals surface area contributed by atoms with Gasteiger partial charge in [-0.05, 0) is 59.7 Å². The summed E-state index contributed by atoms with van der Waals surface area (Å²) in [4.78, 5) is 75.7. The van der Waals surface area contributed by atoms with Crippen LogP contribution in [0.15, 0.2) is 85.6 Å². The van der Waals surface area contributed by atoms with Crippen LogP contribution in [0.1, 0.15) is 47.6 Å². The maximum atomic E-state index is 13.4. The highest BCUT2D eigenvalue weighted by Crippen LogP contribution is 2.44. The molecular formula is C37H42N8O7. The molecule has 0 radical (unpaired) electrons. The number of carboxylic acid groups (broad SMARTS) is 1. The number of H-pyrrole nitrogens is 1. The SMILES string of the molecule is NCCCC[C@H](NC(=O)[C@H](Cc1c[nH]cn1)NC(=O)CNC(=O)[C@H](Cc1cccnc1)NC(=O)OCC1c2ccccc2-c2ccccc21)C(=O)O. The number of nitrogens with zero attached hydrogens (tertiary/aromatic N) is 2. The number of alkyl carbamates (subject to hydrolysis) is 1. The van der Waals surface area contributed by atoms with Crippen LogP contribution < -0.4 is 27.0 Å². The van der Waals surface area contributed by atoms with Gasteiger partial charge in [0, 0.05) is 37.4 Å². The van der Waals surface area contributed by atoms with E-state index in [-0.39, 0.29) is 31.8 Å². The van der Waals surface area contributed by atoms with Crippen LogP contribution in [0.2, 0.25) is 0 Å². The Kier molecular flexibility index (Phi) is 13.0. The molecule has 0 saturated carbocycles. The highest BCUT2D eigenvalue weighted by atomic mass is 16.5. The molecule has 0 unspecified atom stereocenters. The number of carboxylic acids is 1. The van der Waals surface area contributed by atoms with Crippen molar-refractivity contribution in [3.8, 4) is 11.1 Å². The Hall–Kier alpha value is -6.09. The van der Waals surface area contributed by atoms with Gasteiger partial charge < -0.3 is 41.8 Å². The molecular weight excluding hydrogens is 668 g/mol. The minimum absolute atomic E-state index is 0.0404. The van der Waals surface area contributed by atoms with Crippen LogP contribution in [0.25, 0.3) is 11.1 Å². The monoisotopic (exact) mass is 710 g/mol. The first-order chi connectivity index (χ1) is 25.2. The number of aromatic nitrogens is 3. The summed E-state index contributed by atoms with van der Waals surface area (Å²) in [7, 11) is 0. The van der Waals surface area contributed by atoms with Crippen LogP contribution in [-0.4, -0.2) is 87.7 Å². The number of rotatable bonds is 18. The average Bonchev–Trinajstić information content (AvgIpc) is 3.78. The molecule has 4 aromatic rings. The third-order valence-electron chi connectivity index (χ3n) is 8.72. The van der Waals surface area contributed by atoms with E-state index in [1.54, 1.807) is 30.7 Å². The molecule has 2 aromatic heterocycles. The second kappa shape index (κ2) is 18.2. The fourth-order valence-electron chi connectivity index (χ4n) is 6.13. The number of fused-ring (bicyclic) bond motifs is 3. The molecule has 2 aromatic carbocycles. The second-order valence-corrected chi connectivity index (χ2v) is 12.4. The third kappa shape index (κ3) is 10.0. The van der Waals surface area contributed by atoms with Crippen molar-refractivity contribution in [3.05, 3.63) is 108 Å². The molecule has 5 rings (SSSR count). The van der Waals surface area contributed by atoms with Crippen molar-refractivity contribution >= 4 is 29.8 Å². The van der Waals surface area contributed by atoms with Crippen molar-refractivity contribution in [2.45, 2.75) is 56.1 Å². The van der Waals surface area contributed by atoms with Gasteiger partial charge in [-0.15, -0.1) is 0 Å². The molecule has 0 saturated heterocycles. The van der Waals surface area contributed by atoms with Crippen LogP contribution in [0.5, 0.6) is 0 Å². The number of hydrogen-bond donors (Lipinski definition) is 7. The Morgan fingerprint density at radius 1 is 0.846 bits per heavy atom. The molecule has 2 heterocycles. The van der Waals surface area contributed by atoms with E-state index in [2.05, 4.69) is 36.2 Å². The number of carbonyl (C=O) groups excluding carboxylic acids is 4. The largest absolute Gasteiger partial charge is 0.480 e. The van der Waals surface area contributed by atoms with Crippen LogP contribution in [0, 0.1) is 0 Å². The molecule has 3 atom stereocenters. The summed E-state index contributed by atoms with van der Waals surface area (Å²) in [6, 6.07) is 15.8. The lowest BCUT2D eigenvalue weighted by Crippen LogP contribution is -2.55. The van der Waals surface area contributed by atoms with Gasteiger partial charge in [-0.25, -0.2) is 14.6 Å². The molecule has 0 bridgehead atoms. The zero-order chi connectivity index (χ0) is 36.9. The number of benzene rings is 2. The van der Waals surface area contributed by atoms with E-state index >= 15 is 0 Å². The first-order valence-corrected chi connectivity index (χ1v) is 17.0. The predicted octanol–water partition coefficient (Wildman–Crippen LogP) is 1.80. The lowest BCUT2D eigenvalue weighted by atomic mass is 9.98. The standard InChI is InChI=1S/C37H42N8O7/c38-14-6-5-13-30(36(49)50)44-35(48)32(17-24-19-40-22-42-24)43-33(46)20-41-34(47)31(16-23-8-7-15-39-18-23)45-37(51)52-21-29-27-11-3-1-9-25(27)26-10-2-4-12-28(26)29/h1-4,7-12,15,18-19,22,29-32H,5-6,13-14,16-17,20-21,38H2,(H,40,42)(H,41,47)(H,43,46)(H,44,48)(H,45,51)(H,49,50)/t30-,31-,32-/m0/s1. The van der Waals surface area contributed by atoms with Gasteiger partial charge >= 0.3 is 12.1 Å². The van der Waals surface area contributed by atoms with Crippen LogP contribution in [0.3, 0.4) is 0 Å². The molecule has 4 amide bonds. The van der Waals surface area contributed by atoms with E-state index in [9.17, 15) is 29.1 Å². The van der Waals surface area contributed by atoms with E-state index in [1.807, 2.05) is 48.5 Å². The van der Waals surface area contributed by atoms with Gasteiger partial charge in [-0.3, -0.25) is 19.4 Å². The average molecular weight is 711 g/mol. The molecule has 8 N–H and O–H groups in total. The molecule has 1 aliphatic carbocycles. The van der Waals surface area contributed by atoms with Gasteiger partial charge in [0.25, 0.3) is 0 Å². The van der Waals surface area contributed by atoms with Crippen molar-refractivity contribution in [2.75, 3.05) is 19.7 Å². The van der Waals surface area contributed by atoms with Gasteiger partial charge in [0.05, 0.1) is 18.6 Å². The van der Waals surface area contributed by atoms with Crippen molar-refractivity contribution < 1.29 is 33.8 Å². The fourth-order valence-corrected chi connectivity index (χ4v) is 6.13. The van der Waals surface area contributed by atoms with E-state index in [0.29, 0.717) is 30.6 Å². The Labute approximate surface area is 300 Å². The summed E-state index contributed by atoms with van der Waals surface area (Å²) in [6.07, 6.45) is 6.52. The summed E-state index contributed by atoms with van der Waals surface area (Å²) in [5.74, 6) is -3.53. The smallest absolute Gasteiger partial charge is 0.407 e. The number of pyridine rings is 1. The van der Waals surface area contributed by atoms with Crippen molar-refractivity contribution in [1.82, 2.24) is 36.2 Å². The first-order valence-electron chi connectivity index (χ1n) is 17.0. The third-order valence-corrected chi connectivity index (χ3v) is 8.72. The molecule has 0 fully saturated rings. The predicted molar refractivity (Wildman–Crippen MR) is 190 cm³/mol. The molecule has 1 aliphatic rings. The number of nitrogens with one attached hydrogen (secondary N) is 5. The van der Waals surface area contributed by atoms with Crippen LogP contribution in [0.4, 0.5) is 4.79 Å². The van der Waals surface area contributed by atoms with Crippen LogP contribution in [-0.2, 0) is 36.8 Å². The summed E-state index contributed by atoms with van der Waals surface area (Å²) in [5, 5.41) is 19.8. The normalized spacial score (nSPS) is 13.5. The molecule has 15 heteroatoms. The highest BCUT2D eigenvalue weighted by molar-refractivity contribution is 5.93. The lowest BCUT2D eigenvalue weighted by molar-refractivity contribution is -0.142. The second-order valence-electron chi connectivity index (χ2n) is 12.4. The number of hydrogen-bond acceptors (Lipinski definition) is 9. The maximum absolute atomic E-state index is 13.4. The number of unbranched alkanes of at least 4 members (excludes halogenated alkanes) is 1. The van der Waals surface area contributed by atoms with E-state index in [4.69, 9.17) is 10.5 Å². The minimum atomic E-state index is -1.22. The Morgan fingerprint density at radius 2 is 1.56 bits per heavy atom. The first kappa shape index (κ1) is 37.2. The highest BCUT2D eigenvalue weighted by Gasteiger charge is 2.31. The van der Waals surface area contributed by atoms with E-state index in [1.165, 1.54) is 6.33 Å². The van der Waals surface area contributed by atoms with Gasteiger partial charge in [0.1, 0.15) is 24.7 Å². The molecule has 15 nitrogen and oxygen atoms in total. The number of ether oxygens (including phenoxy) is 1. The minimum Gasteiger partial charge on any atom is -0.480 e. The zero-order valence-corrected chi connectivity index (χ0v) is 28.4. The molecule has 272 valence electrons. The number of aliphatic carboxylic acids is 1.